The van der Waals surface area contributed by atoms with Gasteiger partial charge in [-0.25, -0.2) is 4.68 Å². The lowest BCUT2D eigenvalue weighted by molar-refractivity contribution is -0.137. The molecule has 0 fully saturated rings. The molecule has 3 N–H and O–H groups in total. The first-order valence-electron chi connectivity index (χ1n) is 5.15. The average molecular weight is 286 g/mol. The molecule has 0 spiro atoms. The van der Waals surface area contributed by atoms with Crippen molar-refractivity contribution in [1.29, 1.82) is 0 Å². The summed E-state index contributed by atoms with van der Waals surface area (Å²) in [6.45, 7) is 0. The van der Waals surface area contributed by atoms with Gasteiger partial charge in [-0.05, 0) is 36.5 Å². The molecule has 1 heterocycles. The van der Waals surface area contributed by atoms with Gasteiger partial charge in [0, 0.05) is 12.4 Å². The van der Waals surface area contributed by atoms with E-state index in [9.17, 15) is 13.2 Å². The number of hydrogen-bond acceptors (Lipinski definition) is 2. The van der Waals surface area contributed by atoms with Gasteiger partial charge in [0.15, 0.2) is 5.11 Å². The number of thiocarbonyl (C=S) groups is 1. The Bertz CT molecular complexity index is 592. The quantitative estimate of drug-likeness (QED) is 0.833. The number of aromatic nitrogens is 2. The third kappa shape index (κ3) is 3.02. The summed E-state index contributed by atoms with van der Waals surface area (Å²) in [7, 11) is 0. The van der Waals surface area contributed by atoms with Crippen LogP contribution in [-0.2, 0) is 6.18 Å². The zero-order valence-corrected chi connectivity index (χ0v) is 10.3. The molecule has 0 radical (unpaired) electrons. The van der Waals surface area contributed by atoms with Crippen LogP contribution >= 0.6 is 12.2 Å². The molecule has 0 aliphatic heterocycles. The lowest BCUT2D eigenvalue weighted by Gasteiger charge is -2.14. The van der Waals surface area contributed by atoms with Crippen LogP contribution in [0.15, 0.2) is 36.7 Å². The SMILES string of the molecule is NC(=S)Nc1cc(C(F)(F)F)ccc1-n1cccn1. The number of rotatable bonds is 2. The van der Waals surface area contributed by atoms with E-state index in [0.29, 0.717) is 5.69 Å². The van der Waals surface area contributed by atoms with Crippen molar-refractivity contribution in [2.45, 2.75) is 6.18 Å². The van der Waals surface area contributed by atoms with Crippen molar-refractivity contribution < 1.29 is 13.2 Å². The van der Waals surface area contributed by atoms with E-state index in [1.165, 1.54) is 16.9 Å². The monoisotopic (exact) mass is 286 g/mol. The summed E-state index contributed by atoms with van der Waals surface area (Å²) >= 11 is 4.66. The third-order valence-electron chi connectivity index (χ3n) is 2.33. The number of nitrogens with zero attached hydrogens (tertiary/aromatic N) is 2. The number of halogens is 3. The van der Waals surface area contributed by atoms with Gasteiger partial charge in [0.1, 0.15) is 0 Å². The maximum Gasteiger partial charge on any atom is 0.416 e. The molecule has 0 aliphatic carbocycles. The van der Waals surface area contributed by atoms with Crippen LogP contribution in [0.1, 0.15) is 5.56 Å². The van der Waals surface area contributed by atoms with Crippen molar-refractivity contribution in [3.05, 3.63) is 42.2 Å². The molecule has 1 aromatic carbocycles. The van der Waals surface area contributed by atoms with Crippen molar-refractivity contribution in [2.75, 3.05) is 5.32 Å². The molecule has 0 aliphatic rings. The van der Waals surface area contributed by atoms with Gasteiger partial charge in [0.2, 0.25) is 0 Å². The summed E-state index contributed by atoms with van der Waals surface area (Å²) in [6.07, 6.45) is -1.31. The molecule has 2 rings (SSSR count). The van der Waals surface area contributed by atoms with Crippen molar-refractivity contribution >= 4 is 23.0 Å². The average Bonchev–Trinajstić information content (AvgIpc) is 2.80. The summed E-state index contributed by atoms with van der Waals surface area (Å²) in [5.74, 6) is 0. The maximum absolute atomic E-state index is 12.7. The van der Waals surface area contributed by atoms with Crippen LogP contribution in [-0.4, -0.2) is 14.9 Å². The zero-order chi connectivity index (χ0) is 14.0. The Morgan fingerprint density at radius 1 is 1.37 bits per heavy atom. The Labute approximate surface area is 112 Å². The topological polar surface area (TPSA) is 55.9 Å². The molecule has 2 aromatic rings. The van der Waals surface area contributed by atoms with Crippen LogP contribution in [0.4, 0.5) is 18.9 Å². The molecule has 19 heavy (non-hydrogen) atoms. The molecule has 0 saturated carbocycles. The Hall–Kier alpha value is -2.09. The van der Waals surface area contributed by atoms with Crippen molar-refractivity contribution in [3.63, 3.8) is 0 Å². The largest absolute Gasteiger partial charge is 0.416 e. The maximum atomic E-state index is 12.7. The number of benzene rings is 1. The van der Waals surface area contributed by atoms with E-state index in [1.54, 1.807) is 12.3 Å². The predicted octanol–water partition coefficient (Wildman–Crippen LogP) is 2.55. The summed E-state index contributed by atoms with van der Waals surface area (Å²) in [6, 6.07) is 4.87. The molecule has 1 aromatic heterocycles. The highest BCUT2D eigenvalue weighted by Gasteiger charge is 2.31. The fourth-order valence-electron chi connectivity index (χ4n) is 1.56. The highest BCUT2D eigenvalue weighted by Crippen LogP contribution is 2.33. The molecule has 100 valence electrons. The lowest BCUT2D eigenvalue weighted by atomic mass is 10.1. The number of alkyl halides is 3. The van der Waals surface area contributed by atoms with Crippen molar-refractivity contribution in [1.82, 2.24) is 9.78 Å². The number of anilines is 1. The number of nitrogens with one attached hydrogen (secondary N) is 1. The first-order valence-corrected chi connectivity index (χ1v) is 5.56. The molecular formula is C11H9F3N4S. The summed E-state index contributed by atoms with van der Waals surface area (Å²) in [4.78, 5) is 0. The molecule has 0 saturated heterocycles. The highest BCUT2D eigenvalue weighted by atomic mass is 32.1. The first kappa shape index (κ1) is 13.3. The molecule has 0 bridgehead atoms. The Morgan fingerprint density at radius 3 is 2.63 bits per heavy atom. The van der Waals surface area contributed by atoms with Gasteiger partial charge < -0.3 is 11.1 Å². The van der Waals surface area contributed by atoms with E-state index in [0.717, 1.165) is 12.1 Å². The minimum Gasteiger partial charge on any atom is -0.376 e. The molecule has 0 atom stereocenters. The fraction of sp³-hybridized carbons (Fsp3) is 0.0909. The van der Waals surface area contributed by atoms with Crippen LogP contribution in [0, 0.1) is 0 Å². The van der Waals surface area contributed by atoms with E-state index >= 15 is 0 Å². The van der Waals surface area contributed by atoms with Crippen LogP contribution in [0.3, 0.4) is 0 Å². The van der Waals surface area contributed by atoms with Gasteiger partial charge in [-0.3, -0.25) is 0 Å². The van der Waals surface area contributed by atoms with E-state index in [-0.39, 0.29) is 10.8 Å². The van der Waals surface area contributed by atoms with Crippen molar-refractivity contribution in [2.24, 2.45) is 5.73 Å². The van der Waals surface area contributed by atoms with E-state index < -0.39 is 11.7 Å². The third-order valence-corrected chi connectivity index (χ3v) is 2.44. The van der Waals surface area contributed by atoms with Gasteiger partial charge in [0.25, 0.3) is 0 Å². The number of hydrogen-bond donors (Lipinski definition) is 2. The second-order valence-electron chi connectivity index (χ2n) is 3.67. The second kappa shape index (κ2) is 4.88. The Kier molecular flexibility index (Phi) is 3.43. The summed E-state index contributed by atoms with van der Waals surface area (Å²) in [5.41, 5.74) is 5.09. The standard InChI is InChI=1S/C11H9F3N4S/c12-11(13,14)7-2-3-9(18-5-1-4-16-18)8(6-7)17-10(15)19/h1-6H,(H3,15,17,19). The van der Waals surface area contributed by atoms with E-state index in [1.807, 2.05) is 0 Å². The fourth-order valence-corrected chi connectivity index (χ4v) is 1.67. The normalized spacial score (nSPS) is 11.3. The minimum atomic E-state index is -4.44. The van der Waals surface area contributed by atoms with Gasteiger partial charge in [-0.2, -0.15) is 18.3 Å². The molecule has 0 amide bonds. The Morgan fingerprint density at radius 2 is 2.11 bits per heavy atom. The first-order chi connectivity index (χ1) is 8.88. The highest BCUT2D eigenvalue weighted by molar-refractivity contribution is 7.80. The van der Waals surface area contributed by atoms with Crippen LogP contribution < -0.4 is 11.1 Å². The molecule has 8 heteroatoms. The van der Waals surface area contributed by atoms with Crippen LogP contribution in [0.25, 0.3) is 5.69 Å². The van der Waals surface area contributed by atoms with E-state index in [4.69, 9.17) is 5.73 Å². The molecule has 4 nitrogen and oxygen atoms in total. The second-order valence-corrected chi connectivity index (χ2v) is 4.11. The van der Waals surface area contributed by atoms with Crippen LogP contribution in [0.2, 0.25) is 0 Å². The summed E-state index contributed by atoms with van der Waals surface area (Å²) < 4.78 is 39.4. The van der Waals surface area contributed by atoms with Gasteiger partial charge in [-0.15, -0.1) is 0 Å². The van der Waals surface area contributed by atoms with Crippen molar-refractivity contribution in [3.8, 4) is 5.69 Å². The minimum absolute atomic E-state index is 0.118. The molecular weight excluding hydrogens is 277 g/mol. The van der Waals surface area contributed by atoms with Gasteiger partial charge >= 0.3 is 6.18 Å². The van der Waals surface area contributed by atoms with Gasteiger partial charge in [0.05, 0.1) is 16.9 Å². The zero-order valence-electron chi connectivity index (χ0n) is 9.48. The predicted molar refractivity (Wildman–Crippen MR) is 69.0 cm³/mol. The smallest absolute Gasteiger partial charge is 0.376 e. The van der Waals surface area contributed by atoms with Crippen LogP contribution in [0.5, 0.6) is 0 Å². The molecule has 0 unspecified atom stereocenters. The number of nitrogens with two attached hydrogens (primary N) is 1. The lowest BCUT2D eigenvalue weighted by Crippen LogP contribution is -2.21. The summed E-state index contributed by atoms with van der Waals surface area (Å²) in [5, 5.41) is 6.36. The van der Waals surface area contributed by atoms with Gasteiger partial charge in [-0.1, -0.05) is 0 Å². The Balaban J connectivity index is 2.52. The van der Waals surface area contributed by atoms with E-state index in [2.05, 4.69) is 22.6 Å².